The molecule has 0 saturated carbocycles. The molecule has 6 heteroatoms. The van der Waals surface area contributed by atoms with Gasteiger partial charge in [0.25, 0.3) is 0 Å². The van der Waals surface area contributed by atoms with Crippen LogP contribution in [0.5, 0.6) is 0 Å². The molecule has 0 aromatic carbocycles. The number of aromatic nitrogens is 2. The van der Waals surface area contributed by atoms with Crippen molar-refractivity contribution in [3.05, 3.63) is 17.7 Å². The van der Waals surface area contributed by atoms with Crippen LogP contribution in [0.3, 0.4) is 0 Å². The van der Waals surface area contributed by atoms with Gasteiger partial charge in [0, 0.05) is 25.3 Å². The van der Waals surface area contributed by atoms with Gasteiger partial charge in [-0.1, -0.05) is 13.8 Å². The molecule has 21 heavy (non-hydrogen) atoms. The number of imidazole rings is 1. The molecule has 1 unspecified atom stereocenters. The van der Waals surface area contributed by atoms with Gasteiger partial charge in [-0.3, -0.25) is 4.90 Å². The smallest absolute Gasteiger partial charge is 0.410 e. The van der Waals surface area contributed by atoms with Gasteiger partial charge in [-0.2, -0.15) is 0 Å². The van der Waals surface area contributed by atoms with Gasteiger partial charge in [0.05, 0.1) is 24.2 Å². The van der Waals surface area contributed by atoms with Gasteiger partial charge in [0.1, 0.15) is 6.61 Å². The Hall–Kier alpha value is -1.56. The van der Waals surface area contributed by atoms with Crippen LogP contribution in [0.25, 0.3) is 0 Å². The maximum absolute atomic E-state index is 12.4. The number of hydrogen-bond acceptors (Lipinski definition) is 4. The lowest BCUT2D eigenvalue weighted by Crippen LogP contribution is -2.43. The van der Waals surface area contributed by atoms with E-state index < -0.39 is 0 Å². The van der Waals surface area contributed by atoms with E-state index in [0.717, 1.165) is 37.3 Å². The average Bonchev–Trinajstić information content (AvgIpc) is 3.14. The van der Waals surface area contributed by atoms with E-state index in [4.69, 9.17) is 9.47 Å². The first kappa shape index (κ1) is 14.4. The Bertz CT molecular complexity index is 494. The summed E-state index contributed by atoms with van der Waals surface area (Å²) in [6.45, 7) is 6.01. The molecule has 3 rings (SSSR count). The van der Waals surface area contributed by atoms with Crippen LogP contribution in [0, 0.1) is 5.92 Å². The second kappa shape index (κ2) is 6.05. The molecule has 6 nitrogen and oxygen atoms in total. The Balaban J connectivity index is 1.67. The highest BCUT2D eigenvalue weighted by Gasteiger charge is 2.36. The number of nitrogens with zero attached hydrogens (tertiary/aromatic N) is 2. The fraction of sp³-hybridized carbons (Fsp3) is 0.733. The fourth-order valence-corrected chi connectivity index (χ4v) is 3.21. The molecule has 0 aliphatic carbocycles. The van der Waals surface area contributed by atoms with Gasteiger partial charge < -0.3 is 14.5 Å². The van der Waals surface area contributed by atoms with E-state index in [9.17, 15) is 4.79 Å². The van der Waals surface area contributed by atoms with Crippen molar-refractivity contribution in [2.75, 3.05) is 19.8 Å². The molecule has 1 fully saturated rings. The number of rotatable bonds is 3. The lowest BCUT2D eigenvalue weighted by molar-refractivity contribution is 0.0188. The summed E-state index contributed by atoms with van der Waals surface area (Å²) in [5.74, 6) is 0.294. The molecule has 2 aliphatic rings. The zero-order valence-corrected chi connectivity index (χ0v) is 12.7. The predicted octanol–water partition coefficient (Wildman–Crippen LogP) is 2.28. The standard InChI is InChI=1S/C15H23N3O3/c1-10(2)14-13-12(16-9-17-13)5-6-18(14)15(19)21-8-11-4-3-7-20-11/h9-11,14H,3-8H2,1-2H3,(H,16,17)/t11-,14?/m1/s1. The molecule has 2 aliphatic heterocycles. The van der Waals surface area contributed by atoms with Crippen molar-refractivity contribution in [1.82, 2.24) is 14.9 Å². The highest BCUT2D eigenvalue weighted by molar-refractivity contribution is 5.68. The molecule has 3 heterocycles. The monoisotopic (exact) mass is 293 g/mol. The minimum absolute atomic E-state index is 0.0167. The summed E-state index contributed by atoms with van der Waals surface area (Å²) in [6.07, 6.45) is 4.35. The zero-order chi connectivity index (χ0) is 14.8. The second-order valence-corrected chi connectivity index (χ2v) is 6.11. The van der Waals surface area contributed by atoms with E-state index in [1.165, 1.54) is 0 Å². The van der Waals surface area contributed by atoms with E-state index in [-0.39, 0.29) is 18.2 Å². The Kier molecular flexibility index (Phi) is 4.14. The van der Waals surface area contributed by atoms with Crippen LogP contribution in [0.4, 0.5) is 4.79 Å². The van der Waals surface area contributed by atoms with Crippen LogP contribution in [0.1, 0.15) is 44.1 Å². The largest absolute Gasteiger partial charge is 0.447 e. The number of hydrogen-bond donors (Lipinski definition) is 1. The van der Waals surface area contributed by atoms with Gasteiger partial charge in [-0.25, -0.2) is 9.78 Å². The number of aromatic amines is 1. The highest BCUT2D eigenvalue weighted by Crippen LogP contribution is 2.33. The van der Waals surface area contributed by atoms with E-state index in [1.54, 1.807) is 6.33 Å². The van der Waals surface area contributed by atoms with E-state index >= 15 is 0 Å². The first-order valence-electron chi connectivity index (χ1n) is 7.74. The van der Waals surface area contributed by atoms with Gasteiger partial charge >= 0.3 is 6.09 Å². The molecule has 0 bridgehead atoms. The first-order valence-corrected chi connectivity index (χ1v) is 7.74. The summed E-state index contributed by atoms with van der Waals surface area (Å²) in [5, 5.41) is 0. The number of carbonyl (C=O) groups is 1. The minimum Gasteiger partial charge on any atom is -0.447 e. The molecular weight excluding hydrogens is 270 g/mol. The SMILES string of the molecule is CC(C)C1c2nc[nH]c2CCN1C(=O)OC[C@H]1CCCO1. The topological polar surface area (TPSA) is 67.5 Å². The molecule has 0 radical (unpaired) electrons. The maximum atomic E-state index is 12.4. The zero-order valence-electron chi connectivity index (χ0n) is 12.7. The third kappa shape index (κ3) is 2.90. The molecule has 116 valence electrons. The van der Waals surface area contributed by atoms with Gasteiger partial charge in [0.15, 0.2) is 0 Å². The third-order valence-electron chi connectivity index (χ3n) is 4.25. The molecule has 1 N–H and O–H groups in total. The highest BCUT2D eigenvalue weighted by atomic mass is 16.6. The van der Waals surface area contributed by atoms with Crippen LogP contribution in [0.15, 0.2) is 6.33 Å². The van der Waals surface area contributed by atoms with Crippen molar-refractivity contribution in [3.63, 3.8) is 0 Å². The summed E-state index contributed by atoms with van der Waals surface area (Å²) < 4.78 is 11.0. The number of amides is 1. The summed E-state index contributed by atoms with van der Waals surface area (Å²) >= 11 is 0. The Morgan fingerprint density at radius 3 is 3.19 bits per heavy atom. The fourth-order valence-electron chi connectivity index (χ4n) is 3.21. The Morgan fingerprint density at radius 1 is 1.62 bits per heavy atom. The molecule has 2 atom stereocenters. The van der Waals surface area contributed by atoms with Crippen molar-refractivity contribution in [2.45, 2.75) is 45.3 Å². The van der Waals surface area contributed by atoms with E-state index in [1.807, 2.05) is 4.90 Å². The quantitative estimate of drug-likeness (QED) is 0.928. The molecule has 1 saturated heterocycles. The van der Waals surface area contributed by atoms with Crippen molar-refractivity contribution in [3.8, 4) is 0 Å². The number of carbonyl (C=O) groups excluding carboxylic acids is 1. The van der Waals surface area contributed by atoms with Crippen LogP contribution in [0.2, 0.25) is 0 Å². The maximum Gasteiger partial charge on any atom is 0.410 e. The molecule has 1 amide bonds. The molecular formula is C15H23N3O3. The van der Waals surface area contributed by atoms with Crippen LogP contribution in [-0.2, 0) is 15.9 Å². The summed E-state index contributed by atoms with van der Waals surface area (Å²) in [7, 11) is 0. The molecule has 1 aromatic heterocycles. The first-order chi connectivity index (χ1) is 10.2. The van der Waals surface area contributed by atoms with Crippen LogP contribution >= 0.6 is 0 Å². The Labute approximate surface area is 124 Å². The number of nitrogens with one attached hydrogen (secondary N) is 1. The average molecular weight is 293 g/mol. The lowest BCUT2D eigenvalue weighted by Gasteiger charge is -2.36. The van der Waals surface area contributed by atoms with Gasteiger partial charge in [-0.05, 0) is 18.8 Å². The minimum atomic E-state index is -0.252. The summed E-state index contributed by atoms with van der Waals surface area (Å²) in [4.78, 5) is 21.8. The van der Waals surface area contributed by atoms with Crippen molar-refractivity contribution in [2.24, 2.45) is 5.92 Å². The van der Waals surface area contributed by atoms with Crippen LogP contribution in [-0.4, -0.2) is 46.8 Å². The number of ether oxygens (including phenoxy) is 2. The Morgan fingerprint density at radius 2 is 2.48 bits per heavy atom. The summed E-state index contributed by atoms with van der Waals surface area (Å²) in [6, 6.07) is -0.0167. The van der Waals surface area contributed by atoms with Crippen molar-refractivity contribution in [1.29, 1.82) is 0 Å². The van der Waals surface area contributed by atoms with Gasteiger partial charge in [0.2, 0.25) is 0 Å². The van der Waals surface area contributed by atoms with E-state index in [2.05, 4.69) is 23.8 Å². The third-order valence-corrected chi connectivity index (χ3v) is 4.25. The second-order valence-electron chi connectivity index (χ2n) is 6.11. The van der Waals surface area contributed by atoms with Crippen LogP contribution < -0.4 is 0 Å². The molecule has 1 aromatic rings. The van der Waals surface area contributed by atoms with E-state index in [0.29, 0.717) is 19.1 Å². The normalized spacial score (nSPS) is 25.2. The molecule has 0 spiro atoms. The predicted molar refractivity (Wildman–Crippen MR) is 76.9 cm³/mol. The number of fused-ring (bicyclic) bond motifs is 1. The lowest BCUT2D eigenvalue weighted by atomic mass is 9.94. The number of H-pyrrole nitrogens is 1. The summed E-state index contributed by atoms with van der Waals surface area (Å²) in [5.41, 5.74) is 2.11. The van der Waals surface area contributed by atoms with Gasteiger partial charge in [-0.15, -0.1) is 0 Å². The van der Waals surface area contributed by atoms with Crippen molar-refractivity contribution >= 4 is 6.09 Å². The van der Waals surface area contributed by atoms with Crippen molar-refractivity contribution < 1.29 is 14.3 Å².